The SMILES string of the molecule is O.[Ni+2].[O-]c1ccc(Br)cc1C=NCCO.[O-]c1ccc(Br)cc1C=NCCO. The van der Waals surface area contributed by atoms with Crippen molar-refractivity contribution in [3.63, 3.8) is 0 Å². The fourth-order valence-electron chi connectivity index (χ4n) is 1.68. The van der Waals surface area contributed by atoms with Crippen LogP contribution in [0.15, 0.2) is 55.3 Å². The van der Waals surface area contributed by atoms with Crippen LogP contribution in [0.3, 0.4) is 0 Å². The minimum atomic E-state index is -0.0649. The third-order valence-corrected chi connectivity index (χ3v) is 3.85. The number of hydrogen-bond acceptors (Lipinski definition) is 6. The van der Waals surface area contributed by atoms with E-state index < -0.39 is 0 Å². The number of aliphatic imine (C=N–C) groups is 2. The zero-order valence-electron chi connectivity index (χ0n) is 14.6. The fraction of sp³-hybridized carbons (Fsp3) is 0.222. The van der Waals surface area contributed by atoms with Crippen LogP contribution >= 0.6 is 31.9 Å². The van der Waals surface area contributed by atoms with E-state index in [4.69, 9.17) is 10.2 Å². The zero-order valence-corrected chi connectivity index (χ0v) is 18.8. The molecule has 0 spiro atoms. The van der Waals surface area contributed by atoms with Crippen molar-refractivity contribution in [1.29, 1.82) is 0 Å². The number of hydrogen-bond donors (Lipinski definition) is 2. The first-order valence-corrected chi connectivity index (χ1v) is 9.21. The minimum absolute atomic E-state index is 0. The van der Waals surface area contributed by atoms with Crippen LogP contribution in [0.5, 0.6) is 11.5 Å². The normalized spacial score (nSPS) is 10.1. The second-order valence-electron chi connectivity index (χ2n) is 4.88. The van der Waals surface area contributed by atoms with Gasteiger partial charge in [-0.1, -0.05) is 55.5 Å². The molecule has 0 radical (unpaired) electrons. The summed E-state index contributed by atoms with van der Waals surface area (Å²) in [6.07, 6.45) is 2.95. The van der Waals surface area contributed by atoms with Crippen LogP contribution < -0.4 is 10.2 Å². The molecular weight excluding hydrogens is 543 g/mol. The van der Waals surface area contributed by atoms with Gasteiger partial charge >= 0.3 is 16.5 Å². The first-order valence-electron chi connectivity index (χ1n) is 7.62. The van der Waals surface area contributed by atoms with Crippen LogP contribution in [0.1, 0.15) is 11.1 Å². The summed E-state index contributed by atoms with van der Waals surface area (Å²) in [5.74, 6) is -0.130. The maximum Gasteiger partial charge on any atom is 2.00 e. The fourth-order valence-corrected chi connectivity index (χ4v) is 2.44. The standard InChI is InChI=1S/2C9H10BrNO2.Ni.H2O/c2*10-8-1-2-9(13)7(5-8)6-11-3-4-12;;/h2*1-2,5-6,12-13H,3-4H2;;1H2/q;;+2;/p-2. The zero-order chi connectivity index (χ0) is 19.4. The molecule has 0 atom stereocenters. The minimum Gasteiger partial charge on any atom is -0.872 e. The Bertz CT molecular complexity index is 697. The average molecular weight is 563 g/mol. The molecule has 0 aromatic heterocycles. The number of rotatable bonds is 6. The molecule has 10 heteroatoms. The number of halogens is 2. The molecule has 4 N–H and O–H groups in total. The summed E-state index contributed by atoms with van der Waals surface area (Å²) in [7, 11) is 0. The quantitative estimate of drug-likeness (QED) is 0.401. The second kappa shape index (κ2) is 16.6. The monoisotopic (exact) mass is 560 g/mol. The molecule has 0 bridgehead atoms. The van der Waals surface area contributed by atoms with Gasteiger partial charge < -0.3 is 25.9 Å². The Labute approximate surface area is 190 Å². The van der Waals surface area contributed by atoms with Crippen LogP contribution in [-0.2, 0) is 16.5 Å². The smallest absolute Gasteiger partial charge is 0.872 e. The molecule has 156 valence electrons. The Hall–Kier alpha value is -1.29. The number of benzene rings is 2. The van der Waals surface area contributed by atoms with Crippen molar-refractivity contribution in [2.45, 2.75) is 0 Å². The van der Waals surface area contributed by atoms with E-state index in [1.54, 1.807) is 24.3 Å². The third kappa shape index (κ3) is 11.5. The molecule has 2 aromatic carbocycles. The summed E-state index contributed by atoms with van der Waals surface area (Å²) in [5.41, 5.74) is 1.06. The second-order valence-corrected chi connectivity index (χ2v) is 6.71. The summed E-state index contributed by atoms with van der Waals surface area (Å²) < 4.78 is 1.69. The summed E-state index contributed by atoms with van der Waals surface area (Å²) >= 11 is 6.51. The molecule has 0 aliphatic carbocycles. The molecule has 0 saturated carbocycles. The van der Waals surface area contributed by atoms with Crippen LogP contribution in [0.25, 0.3) is 0 Å². The van der Waals surface area contributed by atoms with Gasteiger partial charge in [0, 0.05) is 21.4 Å². The van der Waals surface area contributed by atoms with Gasteiger partial charge in [-0.25, -0.2) is 0 Å². The molecule has 0 amide bonds. The van der Waals surface area contributed by atoms with Crippen molar-refractivity contribution in [2.24, 2.45) is 9.98 Å². The number of nitrogens with zero attached hydrogens (tertiary/aromatic N) is 2. The predicted molar refractivity (Wildman–Crippen MR) is 110 cm³/mol. The van der Waals surface area contributed by atoms with Crippen molar-refractivity contribution in [3.05, 3.63) is 56.5 Å². The van der Waals surface area contributed by atoms with Gasteiger partial charge in [-0.2, -0.15) is 0 Å². The van der Waals surface area contributed by atoms with Gasteiger partial charge in [-0.3, -0.25) is 9.98 Å². The summed E-state index contributed by atoms with van der Waals surface area (Å²) in [4.78, 5) is 7.73. The molecule has 28 heavy (non-hydrogen) atoms. The van der Waals surface area contributed by atoms with E-state index in [9.17, 15) is 10.2 Å². The Morgan fingerprint density at radius 3 is 1.46 bits per heavy atom. The molecule has 7 nitrogen and oxygen atoms in total. The molecule has 0 aliphatic rings. The first kappa shape index (κ1) is 28.9. The number of aliphatic hydroxyl groups is 2. The number of aliphatic hydroxyl groups excluding tert-OH is 2. The van der Waals surface area contributed by atoms with Crippen LogP contribution in [0.4, 0.5) is 0 Å². The molecule has 0 heterocycles. The van der Waals surface area contributed by atoms with Crippen LogP contribution in [0.2, 0.25) is 0 Å². The maximum atomic E-state index is 11.2. The van der Waals surface area contributed by atoms with Gasteiger partial charge in [-0.05, 0) is 35.4 Å². The Morgan fingerprint density at radius 1 is 0.786 bits per heavy atom. The largest absolute Gasteiger partial charge is 2.00 e. The third-order valence-electron chi connectivity index (χ3n) is 2.86. The van der Waals surface area contributed by atoms with E-state index in [-0.39, 0.29) is 46.7 Å². The van der Waals surface area contributed by atoms with Gasteiger partial charge in [0.25, 0.3) is 0 Å². The molecule has 2 aromatic rings. The molecule has 0 aliphatic heterocycles. The van der Waals surface area contributed by atoms with Crippen molar-refractivity contribution < 1.29 is 42.4 Å². The Kier molecular flexibility index (Phi) is 17.2. The molecular formula is C18H20Br2N2NiO5. The maximum absolute atomic E-state index is 11.2. The topological polar surface area (TPSA) is 143 Å². The van der Waals surface area contributed by atoms with E-state index in [1.807, 2.05) is 0 Å². The summed E-state index contributed by atoms with van der Waals surface area (Å²) in [6.45, 7) is 0.648. The van der Waals surface area contributed by atoms with E-state index in [0.717, 1.165) is 8.95 Å². The van der Waals surface area contributed by atoms with E-state index >= 15 is 0 Å². The summed E-state index contributed by atoms with van der Waals surface area (Å²) in [6, 6.07) is 9.72. The molecule has 0 saturated heterocycles. The van der Waals surface area contributed by atoms with Crippen molar-refractivity contribution in [1.82, 2.24) is 0 Å². The van der Waals surface area contributed by atoms with E-state index in [0.29, 0.717) is 24.2 Å². The molecule has 0 unspecified atom stereocenters. The predicted octanol–water partition coefficient (Wildman–Crippen LogP) is 1.04. The van der Waals surface area contributed by atoms with Crippen molar-refractivity contribution >= 4 is 44.3 Å². The Balaban J connectivity index is 0. The Morgan fingerprint density at radius 2 is 1.14 bits per heavy atom. The molecule has 0 fully saturated rings. The van der Waals surface area contributed by atoms with Gasteiger partial charge in [0.1, 0.15) is 0 Å². The van der Waals surface area contributed by atoms with E-state index in [1.165, 1.54) is 24.6 Å². The van der Waals surface area contributed by atoms with Gasteiger partial charge in [0.2, 0.25) is 0 Å². The van der Waals surface area contributed by atoms with Gasteiger partial charge in [0.05, 0.1) is 26.3 Å². The van der Waals surface area contributed by atoms with Crippen LogP contribution in [-0.4, -0.2) is 54.4 Å². The van der Waals surface area contributed by atoms with Crippen LogP contribution in [0, 0.1) is 0 Å². The average Bonchev–Trinajstić information content (AvgIpc) is 2.62. The van der Waals surface area contributed by atoms with Gasteiger partial charge in [0.15, 0.2) is 0 Å². The first-order chi connectivity index (χ1) is 12.5. The van der Waals surface area contributed by atoms with Crippen molar-refractivity contribution in [3.8, 4) is 11.5 Å². The summed E-state index contributed by atoms with van der Waals surface area (Å²) in [5, 5.41) is 39.3. The van der Waals surface area contributed by atoms with Gasteiger partial charge in [-0.15, -0.1) is 0 Å². The molecule has 2 rings (SSSR count). The van der Waals surface area contributed by atoms with Crippen molar-refractivity contribution in [2.75, 3.05) is 26.3 Å². The van der Waals surface area contributed by atoms with E-state index in [2.05, 4.69) is 41.8 Å².